The number of pyridine rings is 1. The SMILES string of the molecule is CN(c1ccccc1)c1ccc(CNC(=O)NC[C@@H]2CCCO2)cn1. The molecule has 0 aliphatic carbocycles. The van der Waals surface area contributed by atoms with Crippen LogP contribution in [0, 0.1) is 0 Å². The second kappa shape index (κ2) is 8.48. The van der Waals surface area contributed by atoms with Gasteiger partial charge in [-0.25, -0.2) is 9.78 Å². The lowest BCUT2D eigenvalue weighted by molar-refractivity contribution is 0.111. The number of hydrogen-bond acceptors (Lipinski definition) is 4. The van der Waals surface area contributed by atoms with Gasteiger partial charge in [0.1, 0.15) is 5.82 Å². The normalized spacial score (nSPS) is 16.4. The van der Waals surface area contributed by atoms with Crippen LogP contribution in [-0.4, -0.2) is 37.3 Å². The Kier molecular flexibility index (Phi) is 5.85. The monoisotopic (exact) mass is 340 g/mol. The first kappa shape index (κ1) is 17.2. The molecular weight excluding hydrogens is 316 g/mol. The second-order valence-corrected chi connectivity index (χ2v) is 6.12. The van der Waals surface area contributed by atoms with Crippen LogP contribution in [0.4, 0.5) is 16.3 Å². The minimum Gasteiger partial charge on any atom is -0.376 e. The summed E-state index contributed by atoms with van der Waals surface area (Å²) in [4.78, 5) is 18.3. The van der Waals surface area contributed by atoms with Crippen LogP contribution in [0.2, 0.25) is 0 Å². The van der Waals surface area contributed by atoms with Crippen molar-refractivity contribution >= 4 is 17.5 Å². The fourth-order valence-corrected chi connectivity index (χ4v) is 2.76. The summed E-state index contributed by atoms with van der Waals surface area (Å²) in [6, 6.07) is 13.8. The molecule has 2 heterocycles. The first-order valence-electron chi connectivity index (χ1n) is 8.59. The lowest BCUT2D eigenvalue weighted by Crippen LogP contribution is -2.39. The van der Waals surface area contributed by atoms with Gasteiger partial charge in [0.25, 0.3) is 0 Å². The van der Waals surface area contributed by atoms with Crippen LogP contribution in [-0.2, 0) is 11.3 Å². The number of rotatable bonds is 6. The molecular formula is C19H24N4O2. The molecule has 1 aromatic carbocycles. The van der Waals surface area contributed by atoms with Crippen LogP contribution < -0.4 is 15.5 Å². The molecule has 2 N–H and O–H groups in total. The zero-order valence-corrected chi connectivity index (χ0v) is 14.4. The summed E-state index contributed by atoms with van der Waals surface area (Å²) in [6.45, 7) is 1.80. The molecule has 0 radical (unpaired) electrons. The molecule has 132 valence electrons. The van der Waals surface area contributed by atoms with E-state index in [4.69, 9.17) is 4.74 Å². The van der Waals surface area contributed by atoms with E-state index >= 15 is 0 Å². The molecule has 1 aliphatic rings. The number of anilines is 2. The zero-order chi connectivity index (χ0) is 17.5. The summed E-state index contributed by atoms with van der Waals surface area (Å²) >= 11 is 0. The lowest BCUT2D eigenvalue weighted by atomic mass is 10.2. The number of hydrogen-bond donors (Lipinski definition) is 2. The summed E-state index contributed by atoms with van der Waals surface area (Å²) in [5.74, 6) is 0.859. The molecule has 1 fully saturated rings. The maximum atomic E-state index is 11.8. The lowest BCUT2D eigenvalue weighted by Gasteiger charge is -2.18. The van der Waals surface area contributed by atoms with Gasteiger partial charge in [0.05, 0.1) is 6.10 Å². The van der Waals surface area contributed by atoms with Gasteiger partial charge in [0.15, 0.2) is 0 Å². The summed E-state index contributed by atoms with van der Waals surface area (Å²) in [5.41, 5.74) is 2.03. The third-order valence-electron chi connectivity index (χ3n) is 4.26. The number of urea groups is 1. The van der Waals surface area contributed by atoms with E-state index in [1.807, 2.05) is 54.4 Å². The highest BCUT2D eigenvalue weighted by atomic mass is 16.5. The van der Waals surface area contributed by atoms with Gasteiger partial charge in [-0.3, -0.25) is 0 Å². The fraction of sp³-hybridized carbons (Fsp3) is 0.368. The topological polar surface area (TPSA) is 66.5 Å². The van der Waals surface area contributed by atoms with Crippen LogP contribution in [0.3, 0.4) is 0 Å². The Morgan fingerprint density at radius 2 is 2.08 bits per heavy atom. The van der Waals surface area contributed by atoms with E-state index in [0.717, 1.165) is 36.5 Å². The van der Waals surface area contributed by atoms with Crippen LogP contribution >= 0.6 is 0 Å². The average Bonchev–Trinajstić information content (AvgIpc) is 3.19. The van der Waals surface area contributed by atoms with E-state index in [9.17, 15) is 4.79 Å². The number of benzene rings is 1. The number of carbonyl (C=O) groups excluding carboxylic acids is 1. The van der Waals surface area contributed by atoms with Crippen LogP contribution in [0.5, 0.6) is 0 Å². The molecule has 6 nitrogen and oxygen atoms in total. The van der Waals surface area contributed by atoms with Gasteiger partial charge < -0.3 is 20.3 Å². The second-order valence-electron chi connectivity index (χ2n) is 6.12. The molecule has 6 heteroatoms. The number of aromatic nitrogens is 1. The van der Waals surface area contributed by atoms with Gasteiger partial charge in [-0.1, -0.05) is 24.3 Å². The first-order chi connectivity index (χ1) is 12.2. The highest BCUT2D eigenvalue weighted by Crippen LogP contribution is 2.20. The molecule has 2 amide bonds. The van der Waals surface area contributed by atoms with Crippen LogP contribution in [0.15, 0.2) is 48.7 Å². The molecule has 2 aromatic rings. The molecule has 1 aromatic heterocycles. The summed E-state index contributed by atoms with van der Waals surface area (Å²) in [7, 11) is 1.98. The Hall–Kier alpha value is -2.60. The van der Waals surface area contributed by atoms with Crippen LogP contribution in [0.25, 0.3) is 0 Å². The first-order valence-corrected chi connectivity index (χ1v) is 8.59. The quantitative estimate of drug-likeness (QED) is 0.849. The average molecular weight is 340 g/mol. The van der Waals surface area contributed by atoms with E-state index in [2.05, 4.69) is 15.6 Å². The van der Waals surface area contributed by atoms with Gasteiger partial charge in [0.2, 0.25) is 0 Å². The van der Waals surface area contributed by atoms with Crippen molar-refractivity contribution in [1.29, 1.82) is 0 Å². The number of nitrogens with one attached hydrogen (secondary N) is 2. The fourth-order valence-electron chi connectivity index (χ4n) is 2.76. The number of nitrogens with zero attached hydrogens (tertiary/aromatic N) is 2. The molecule has 1 aliphatic heterocycles. The summed E-state index contributed by atoms with van der Waals surface area (Å²) < 4.78 is 5.48. The van der Waals surface area contributed by atoms with E-state index in [0.29, 0.717) is 13.1 Å². The van der Waals surface area contributed by atoms with Crippen molar-refractivity contribution in [2.24, 2.45) is 0 Å². The Labute approximate surface area is 148 Å². The highest BCUT2D eigenvalue weighted by molar-refractivity contribution is 5.73. The van der Waals surface area contributed by atoms with Crippen molar-refractivity contribution in [3.63, 3.8) is 0 Å². The largest absolute Gasteiger partial charge is 0.376 e. The van der Waals surface area contributed by atoms with Crippen LogP contribution in [0.1, 0.15) is 18.4 Å². The van der Waals surface area contributed by atoms with Crippen molar-refractivity contribution < 1.29 is 9.53 Å². The third-order valence-corrected chi connectivity index (χ3v) is 4.26. The molecule has 0 bridgehead atoms. The number of amides is 2. The van der Waals surface area contributed by atoms with Gasteiger partial charge >= 0.3 is 6.03 Å². The van der Waals surface area contributed by atoms with Gasteiger partial charge in [0, 0.05) is 38.6 Å². The minimum atomic E-state index is -0.180. The molecule has 0 saturated carbocycles. The van der Waals surface area contributed by atoms with Crippen molar-refractivity contribution in [2.45, 2.75) is 25.5 Å². The molecule has 25 heavy (non-hydrogen) atoms. The van der Waals surface area contributed by atoms with E-state index in [1.54, 1.807) is 6.20 Å². The smallest absolute Gasteiger partial charge is 0.315 e. The summed E-state index contributed by atoms with van der Waals surface area (Å²) in [6.07, 6.45) is 4.03. The predicted molar refractivity (Wildman–Crippen MR) is 98.0 cm³/mol. The molecule has 1 saturated heterocycles. The maximum Gasteiger partial charge on any atom is 0.315 e. The molecule has 0 unspecified atom stereocenters. The Bertz CT molecular complexity index is 670. The number of para-hydroxylation sites is 1. The van der Waals surface area contributed by atoms with Crippen molar-refractivity contribution in [3.05, 3.63) is 54.2 Å². The number of carbonyl (C=O) groups is 1. The standard InChI is InChI=1S/C19H24N4O2/c1-23(16-6-3-2-4-7-16)18-10-9-15(12-20-18)13-21-19(24)22-14-17-8-5-11-25-17/h2-4,6-7,9-10,12,17H,5,8,11,13-14H2,1H3,(H2,21,22,24)/t17-/m0/s1. The Morgan fingerprint density at radius 1 is 1.24 bits per heavy atom. The zero-order valence-electron chi connectivity index (χ0n) is 14.4. The third kappa shape index (κ3) is 4.93. The van der Waals surface area contributed by atoms with Crippen molar-refractivity contribution in [2.75, 3.05) is 25.1 Å². The molecule has 0 spiro atoms. The number of ether oxygens (including phenoxy) is 1. The van der Waals surface area contributed by atoms with E-state index in [1.165, 1.54) is 0 Å². The highest BCUT2D eigenvalue weighted by Gasteiger charge is 2.15. The van der Waals surface area contributed by atoms with E-state index < -0.39 is 0 Å². The van der Waals surface area contributed by atoms with E-state index in [-0.39, 0.29) is 12.1 Å². The summed E-state index contributed by atoms with van der Waals surface area (Å²) in [5, 5.41) is 5.69. The van der Waals surface area contributed by atoms with Gasteiger partial charge in [-0.05, 0) is 36.6 Å². The Morgan fingerprint density at radius 3 is 2.76 bits per heavy atom. The Balaban J connectivity index is 1.46. The van der Waals surface area contributed by atoms with Gasteiger partial charge in [-0.15, -0.1) is 0 Å². The predicted octanol–water partition coefficient (Wildman–Crippen LogP) is 2.83. The molecule has 1 atom stereocenters. The maximum absolute atomic E-state index is 11.8. The van der Waals surface area contributed by atoms with Crippen molar-refractivity contribution in [1.82, 2.24) is 15.6 Å². The molecule has 3 rings (SSSR count). The minimum absolute atomic E-state index is 0.153. The van der Waals surface area contributed by atoms with Gasteiger partial charge in [-0.2, -0.15) is 0 Å². The van der Waals surface area contributed by atoms with Crippen molar-refractivity contribution in [3.8, 4) is 0 Å².